The van der Waals surface area contributed by atoms with E-state index in [1.165, 1.54) is 14.2 Å². The number of rotatable bonds is 4. The lowest BCUT2D eigenvalue weighted by molar-refractivity contribution is -0.0742. The zero-order chi connectivity index (χ0) is 10.6. The molecule has 14 heavy (non-hydrogen) atoms. The molecular formula is C10H11ClO3. The molecule has 3 nitrogen and oxygen atoms in total. The molecule has 0 saturated carbocycles. The van der Waals surface area contributed by atoms with Crippen molar-refractivity contribution in [2.24, 2.45) is 0 Å². The van der Waals surface area contributed by atoms with Crippen molar-refractivity contribution in [3.63, 3.8) is 0 Å². The van der Waals surface area contributed by atoms with Gasteiger partial charge in [0.15, 0.2) is 0 Å². The van der Waals surface area contributed by atoms with E-state index in [0.717, 1.165) is 0 Å². The molecule has 0 aliphatic heterocycles. The molecule has 1 aromatic rings. The molecule has 76 valence electrons. The molecule has 0 spiro atoms. The van der Waals surface area contributed by atoms with Gasteiger partial charge in [0.25, 0.3) is 0 Å². The minimum Gasteiger partial charge on any atom is -0.349 e. The summed E-state index contributed by atoms with van der Waals surface area (Å²) < 4.78 is 9.68. The molecule has 1 rings (SSSR count). The maximum Gasteiger partial charge on any atom is 0.222 e. The molecule has 1 aromatic carbocycles. The number of benzene rings is 1. The summed E-state index contributed by atoms with van der Waals surface area (Å²) in [5, 5.41) is 0.400. The van der Waals surface area contributed by atoms with E-state index < -0.39 is 6.29 Å². The van der Waals surface area contributed by atoms with Gasteiger partial charge in [-0.25, -0.2) is 0 Å². The van der Waals surface area contributed by atoms with E-state index in [2.05, 4.69) is 0 Å². The molecule has 0 saturated heterocycles. The van der Waals surface area contributed by atoms with E-state index in [0.29, 0.717) is 10.6 Å². The van der Waals surface area contributed by atoms with Crippen LogP contribution in [-0.4, -0.2) is 26.3 Å². The number of halogens is 1. The lowest BCUT2D eigenvalue weighted by Crippen LogP contribution is -2.25. The Kier molecular flexibility index (Phi) is 4.07. The zero-order valence-corrected chi connectivity index (χ0v) is 8.75. The molecule has 0 unspecified atom stereocenters. The second kappa shape index (κ2) is 5.10. The highest BCUT2D eigenvalue weighted by Crippen LogP contribution is 2.17. The number of Topliss-reactive ketones (excluding diaryl/α,β-unsaturated/α-hetero) is 1. The number of carbonyl (C=O) groups excluding carboxylic acids is 1. The first-order valence-electron chi connectivity index (χ1n) is 4.05. The average molecular weight is 215 g/mol. The Labute approximate surface area is 87.6 Å². The predicted octanol–water partition coefficient (Wildman–Crippen LogP) is 2.14. The first-order chi connectivity index (χ1) is 6.70. The van der Waals surface area contributed by atoms with Crippen molar-refractivity contribution in [3.8, 4) is 0 Å². The van der Waals surface area contributed by atoms with Crippen LogP contribution in [0.15, 0.2) is 24.3 Å². The van der Waals surface area contributed by atoms with Crippen LogP contribution in [0.5, 0.6) is 0 Å². The van der Waals surface area contributed by atoms with E-state index in [-0.39, 0.29) is 5.78 Å². The molecule has 0 N–H and O–H groups in total. The monoisotopic (exact) mass is 214 g/mol. The molecule has 0 aliphatic carbocycles. The Morgan fingerprint density at radius 1 is 1.29 bits per heavy atom. The smallest absolute Gasteiger partial charge is 0.222 e. The van der Waals surface area contributed by atoms with E-state index >= 15 is 0 Å². The molecular weight excluding hydrogens is 204 g/mol. The van der Waals surface area contributed by atoms with Crippen LogP contribution >= 0.6 is 11.6 Å². The van der Waals surface area contributed by atoms with Gasteiger partial charge in [-0.1, -0.05) is 23.7 Å². The predicted molar refractivity (Wildman–Crippen MR) is 53.6 cm³/mol. The van der Waals surface area contributed by atoms with E-state index in [4.69, 9.17) is 21.1 Å². The maximum atomic E-state index is 11.7. The summed E-state index contributed by atoms with van der Waals surface area (Å²) in [6.45, 7) is 0. The molecule has 4 heteroatoms. The molecule has 0 bridgehead atoms. The molecule has 0 atom stereocenters. The van der Waals surface area contributed by atoms with Crippen LogP contribution in [0.2, 0.25) is 5.02 Å². The molecule has 0 aromatic heterocycles. The van der Waals surface area contributed by atoms with Crippen molar-refractivity contribution in [2.45, 2.75) is 6.29 Å². The van der Waals surface area contributed by atoms with E-state index in [9.17, 15) is 4.79 Å². The highest BCUT2D eigenvalue weighted by atomic mass is 35.5. The fourth-order valence-corrected chi connectivity index (χ4v) is 1.33. The second-order valence-corrected chi connectivity index (χ2v) is 3.05. The largest absolute Gasteiger partial charge is 0.349 e. The normalized spacial score (nSPS) is 10.6. The van der Waals surface area contributed by atoms with Crippen molar-refractivity contribution in [2.75, 3.05) is 14.2 Å². The lowest BCUT2D eigenvalue weighted by Gasteiger charge is -2.12. The average Bonchev–Trinajstić information content (AvgIpc) is 2.20. The molecule has 0 amide bonds. The second-order valence-electron chi connectivity index (χ2n) is 2.65. The highest BCUT2D eigenvalue weighted by molar-refractivity contribution is 6.34. The van der Waals surface area contributed by atoms with Crippen LogP contribution in [-0.2, 0) is 9.47 Å². The maximum absolute atomic E-state index is 11.7. The number of hydrogen-bond donors (Lipinski definition) is 0. The summed E-state index contributed by atoms with van der Waals surface area (Å²) >= 11 is 5.85. The quantitative estimate of drug-likeness (QED) is 0.569. The summed E-state index contributed by atoms with van der Waals surface area (Å²) in [5.74, 6) is -0.277. The Bertz CT molecular complexity index is 321. The van der Waals surface area contributed by atoms with Crippen molar-refractivity contribution in [1.29, 1.82) is 0 Å². The number of ketones is 1. The minimum absolute atomic E-state index is 0.277. The molecule has 0 fully saturated rings. The topological polar surface area (TPSA) is 35.5 Å². The fourth-order valence-electron chi connectivity index (χ4n) is 1.10. The van der Waals surface area contributed by atoms with E-state index in [1.807, 2.05) is 0 Å². The summed E-state index contributed by atoms with van der Waals surface area (Å²) in [6.07, 6.45) is -0.894. The summed E-state index contributed by atoms with van der Waals surface area (Å²) in [4.78, 5) is 11.7. The van der Waals surface area contributed by atoms with Crippen molar-refractivity contribution in [3.05, 3.63) is 34.9 Å². The fraction of sp³-hybridized carbons (Fsp3) is 0.300. The number of hydrogen-bond acceptors (Lipinski definition) is 3. The third-order valence-electron chi connectivity index (χ3n) is 1.78. The van der Waals surface area contributed by atoms with Crippen LogP contribution in [0.25, 0.3) is 0 Å². The lowest BCUT2D eigenvalue weighted by atomic mass is 10.1. The van der Waals surface area contributed by atoms with Gasteiger partial charge in [0.1, 0.15) is 0 Å². The van der Waals surface area contributed by atoms with Gasteiger partial charge in [-0.15, -0.1) is 0 Å². The molecule has 0 radical (unpaired) electrons. The zero-order valence-electron chi connectivity index (χ0n) is 7.99. The first kappa shape index (κ1) is 11.2. The van der Waals surface area contributed by atoms with Crippen molar-refractivity contribution >= 4 is 17.4 Å². The van der Waals surface area contributed by atoms with Gasteiger partial charge in [-0.3, -0.25) is 4.79 Å². The van der Waals surface area contributed by atoms with Crippen molar-refractivity contribution in [1.82, 2.24) is 0 Å². The van der Waals surface area contributed by atoms with Gasteiger partial charge >= 0.3 is 0 Å². The highest BCUT2D eigenvalue weighted by Gasteiger charge is 2.20. The first-order valence-corrected chi connectivity index (χ1v) is 4.42. The number of methoxy groups -OCH3 is 2. The Morgan fingerprint density at radius 3 is 2.36 bits per heavy atom. The van der Waals surface area contributed by atoms with Crippen LogP contribution in [0.4, 0.5) is 0 Å². The number of carbonyl (C=O) groups is 1. The standard InChI is InChI=1S/C10H11ClO3/c1-13-10(14-2)9(12)7-5-3-4-6-8(7)11/h3-6,10H,1-2H3. The minimum atomic E-state index is -0.894. The SMILES string of the molecule is COC(OC)C(=O)c1ccccc1Cl. The Hall–Kier alpha value is -0.900. The Morgan fingerprint density at radius 2 is 1.86 bits per heavy atom. The molecule has 0 aliphatic rings. The third kappa shape index (κ3) is 2.32. The van der Waals surface area contributed by atoms with Gasteiger partial charge in [0.05, 0.1) is 5.02 Å². The van der Waals surface area contributed by atoms with E-state index in [1.54, 1.807) is 24.3 Å². The van der Waals surface area contributed by atoms with Crippen LogP contribution in [0.3, 0.4) is 0 Å². The van der Waals surface area contributed by atoms with Crippen molar-refractivity contribution < 1.29 is 14.3 Å². The van der Waals surface area contributed by atoms with Gasteiger partial charge in [-0.05, 0) is 12.1 Å². The summed E-state index contributed by atoms with van der Waals surface area (Å²) in [5.41, 5.74) is 0.405. The molecule has 0 heterocycles. The van der Waals surface area contributed by atoms with Gasteiger partial charge < -0.3 is 9.47 Å². The van der Waals surface area contributed by atoms with Gasteiger partial charge in [0, 0.05) is 19.8 Å². The van der Waals surface area contributed by atoms with Crippen LogP contribution < -0.4 is 0 Å². The summed E-state index contributed by atoms with van der Waals surface area (Å²) in [7, 11) is 2.81. The summed E-state index contributed by atoms with van der Waals surface area (Å²) in [6, 6.07) is 6.78. The van der Waals surface area contributed by atoms with Gasteiger partial charge in [-0.2, -0.15) is 0 Å². The Balaban J connectivity index is 2.94. The van der Waals surface area contributed by atoms with Gasteiger partial charge in [0.2, 0.25) is 12.1 Å². The third-order valence-corrected chi connectivity index (χ3v) is 2.11. The van der Waals surface area contributed by atoms with Crippen LogP contribution in [0, 0.1) is 0 Å². The number of ether oxygens (including phenoxy) is 2. The van der Waals surface area contributed by atoms with Crippen LogP contribution in [0.1, 0.15) is 10.4 Å².